The van der Waals surface area contributed by atoms with Crippen molar-refractivity contribution in [2.24, 2.45) is 0 Å². The first kappa shape index (κ1) is 10.5. The number of benzene rings is 1. The van der Waals surface area contributed by atoms with Crippen molar-refractivity contribution in [1.82, 2.24) is 9.55 Å². The van der Waals surface area contributed by atoms with Crippen molar-refractivity contribution in [2.45, 2.75) is 13.5 Å². The van der Waals surface area contributed by atoms with Crippen molar-refractivity contribution in [2.75, 3.05) is 12.3 Å². The molecule has 0 spiro atoms. The number of nitrogen functional groups attached to an aromatic ring is 1. The summed E-state index contributed by atoms with van der Waals surface area (Å²) in [6.45, 7) is 2.32. The Morgan fingerprint density at radius 2 is 2.38 bits per heavy atom. The zero-order chi connectivity index (χ0) is 11.5. The third-order valence-electron chi connectivity index (χ3n) is 2.25. The van der Waals surface area contributed by atoms with E-state index in [2.05, 4.69) is 4.98 Å². The van der Waals surface area contributed by atoms with Crippen molar-refractivity contribution < 1.29 is 9.53 Å². The van der Waals surface area contributed by atoms with Crippen LogP contribution in [-0.4, -0.2) is 22.1 Å². The standard InChI is InChI=1S/C11H13N3O2/c1-2-16-11(15)6-14-7-13-9-4-3-8(12)5-10(9)14/h3-5,7H,2,6,12H2,1H3. The van der Waals surface area contributed by atoms with Crippen LogP contribution >= 0.6 is 0 Å². The lowest BCUT2D eigenvalue weighted by atomic mass is 10.3. The zero-order valence-electron chi connectivity index (χ0n) is 9.01. The van der Waals surface area contributed by atoms with Gasteiger partial charge in [0.2, 0.25) is 0 Å². The van der Waals surface area contributed by atoms with Gasteiger partial charge in [0.1, 0.15) is 6.54 Å². The van der Waals surface area contributed by atoms with Crippen molar-refractivity contribution in [3.63, 3.8) is 0 Å². The van der Waals surface area contributed by atoms with Crippen LogP contribution < -0.4 is 5.73 Å². The third kappa shape index (κ3) is 1.98. The zero-order valence-corrected chi connectivity index (χ0v) is 9.01. The second-order valence-corrected chi connectivity index (χ2v) is 3.43. The number of fused-ring (bicyclic) bond motifs is 1. The molecule has 84 valence electrons. The Labute approximate surface area is 92.8 Å². The normalized spacial score (nSPS) is 10.6. The van der Waals surface area contributed by atoms with Gasteiger partial charge in [-0.1, -0.05) is 0 Å². The lowest BCUT2D eigenvalue weighted by Crippen LogP contribution is -2.12. The van der Waals surface area contributed by atoms with E-state index in [4.69, 9.17) is 10.5 Å². The summed E-state index contributed by atoms with van der Waals surface area (Å²) in [6, 6.07) is 5.40. The highest BCUT2D eigenvalue weighted by Gasteiger charge is 2.07. The topological polar surface area (TPSA) is 70.1 Å². The number of imidazole rings is 1. The van der Waals surface area contributed by atoms with Crippen LogP contribution in [0.25, 0.3) is 11.0 Å². The molecule has 5 nitrogen and oxygen atoms in total. The van der Waals surface area contributed by atoms with Gasteiger partial charge < -0.3 is 15.0 Å². The van der Waals surface area contributed by atoms with E-state index in [1.165, 1.54) is 0 Å². The maximum absolute atomic E-state index is 11.3. The van der Waals surface area contributed by atoms with E-state index in [-0.39, 0.29) is 12.5 Å². The summed E-state index contributed by atoms with van der Waals surface area (Å²) in [5.41, 5.74) is 7.99. The predicted molar refractivity (Wildman–Crippen MR) is 60.8 cm³/mol. The van der Waals surface area contributed by atoms with E-state index in [0.717, 1.165) is 11.0 Å². The molecule has 0 saturated heterocycles. The van der Waals surface area contributed by atoms with Crippen LogP contribution in [0.4, 0.5) is 5.69 Å². The van der Waals surface area contributed by atoms with Gasteiger partial charge in [-0.3, -0.25) is 4.79 Å². The fourth-order valence-electron chi connectivity index (χ4n) is 1.55. The number of carbonyl (C=O) groups is 1. The molecule has 16 heavy (non-hydrogen) atoms. The van der Waals surface area contributed by atoms with Gasteiger partial charge in [0.15, 0.2) is 0 Å². The highest BCUT2D eigenvalue weighted by molar-refractivity contribution is 5.80. The highest BCUT2D eigenvalue weighted by atomic mass is 16.5. The molecule has 0 aliphatic heterocycles. The van der Waals surface area contributed by atoms with E-state index in [1.54, 1.807) is 30.0 Å². The van der Waals surface area contributed by atoms with Crippen LogP contribution in [0.3, 0.4) is 0 Å². The maximum atomic E-state index is 11.3. The molecule has 2 rings (SSSR count). The number of nitrogens with two attached hydrogens (primary N) is 1. The SMILES string of the molecule is CCOC(=O)Cn1cnc2ccc(N)cc21. The Hall–Kier alpha value is -2.04. The summed E-state index contributed by atoms with van der Waals surface area (Å²) in [7, 11) is 0. The molecule has 0 aliphatic carbocycles. The monoisotopic (exact) mass is 219 g/mol. The Morgan fingerprint density at radius 3 is 3.12 bits per heavy atom. The van der Waals surface area contributed by atoms with Gasteiger partial charge in [-0.2, -0.15) is 0 Å². The average molecular weight is 219 g/mol. The fraction of sp³-hybridized carbons (Fsp3) is 0.273. The van der Waals surface area contributed by atoms with Gasteiger partial charge in [0.05, 0.1) is 24.0 Å². The number of nitrogens with zero attached hydrogens (tertiary/aromatic N) is 2. The maximum Gasteiger partial charge on any atom is 0.325 e. The quantitative estimate of drug-likeness (QED) is 0.621. The van der Waals surface area contributed by atoms with Gasteiger partial charge in [-0.25, -0.2) is 4.98 Å². The first-order valence-electron chi connectivity index (χ1n) is 5.06. The molecule has 0 amide bonds. The number of carbonyl (C=O) groups excluding carboxylic acids is 1. The molecule has 0 aliphatic rings. The Bertz CT molecular complexity index is 519. The van der Waals surface area contributed by atoms with E-state index in [0.29, 0.717) is 12.3 Å². The minimum Gasteiger partial charge on any atom is -0.465 e. The van der Waals surface area contributed by atoms with Gasteiger partial charge in [-0.05, 0) is 25.1 Å². The number of rotatable bonds is 3. The van der Waals surface area contributed by atoms with E-state index in [9.17, 15) is 4.79 Å². The van der Waals surface area contributed by atoms with Crippen LogP contribution in [0, 0.1) is 0 Å². The summed E-state index contributed by atoms with van der Waals surface area (Å²) < 4.78 is 6.60. The minimum absolute atomic E-state index is 0.161. The van der Waals surface area contributed by atoms with Crippen molar-refractivity contribution >= 4 is 22.7 Å². The summed E-state index contributed by atoms with van der Waals surface area (Å²) >= 11 is 0. The first-order valence-corrected chi connectivity index (χ1v) is 5.06. The Kier molecular flexibility index (Phi) is 2.76. The molecular formula is C11H13N3O2. The van der Waals surface area contributed by atoms with Gasteiger partial charge in [-0.15, -0.1) is 0 Å². The number of esters is 1. The Balaban J connectivity index is 2.30. The third-order valence-corrected chi connectivity index (χ3v) is 2.25. The summed E-state index contributed by atoms with van der Waals surface area (Å²) in [5, 5.41) is 0. The molecule has 1 aromatic heterocycles. The van der Waals surface area contributed by atoms with E-state index >= 15 is 0 Å². The van der Waals surface area contributed by atoms with Crippen LogP contribution in [0.1, 0.15) is 6.92 Å². The highest BCUT2D eigenvalue weighted by Crippen LogP contribution is 2.16. The number of aromatic nitrogens is 2. The largest absolute Gasteiger partial charge is 0.465 e. The molecule has 0 unspecified atom stereocenters. The second kappa shape index (κ2) is 4.22. The van der Waals surface area contributed by atoms with Crippen molar-refractivity contribution in [1.29, 1.82) is 0 Å². The molecular weight excluding hydrogens is 206 g/mol. The minimum atomic E-state index is -0.274. The Morgan fingerprint density at radius 1 is 1.56 bits per heavy atom. The molecule has 5 heteroatoms. The molecule has 0 fully saturated rings. The first-order chi connectivity index (χ1) is 7.70. The van der Waals surface area contributed by atoms with Crippen LogP contribution in [0.15, 0.2) is 24.5 Å². The van der Waals surface area contributed by atoms with Gasteiger partial charge in [0, 0.05) is 5.69 Å². The summed E-state index contributed by atoms with van der Waals surface area (Å²) in [4.78, 5) is 15.5. The lowest BCUT2D eigenvalue weighted by molar-refractivity contribution is -0.143. The van der Waals surface area contributed by atoms with Crippen molar-refractivity contribution in [3.8, 4) is 0 Å². The number of anilines is 1. The number of hydrogen-bond donors (Lipinski definition) is 1. The molecule has 0 saturated carbocycles. The molecule has 0 radical (unpaired) electrons. The van der Waals surface area contributed by atoms with Gasteiger partial charge in [0.25, 0.3) is 0 Å². The molecule has 0 bridgehead atoms. The summed E-state index contributed by atoms with van der Waals surface area (Å²) in [5.74, 6) is -0.274. The van der Waals surface area contributed by atoms with Crippen molar-refractivity contribution in [3.05, 3.63) is 24.5 Å². The number of hydrogen-bond acceptors (Lipinski definition) is 4. The average Bonchev–Trinajstić information content (AvgIpc) is 2.61. The van der Waals surface area contributed by atoms with Crippen LogP contribution in [-0.2, 0) is 16.1 Å². The second-order valence-electron chi connectivity index (χ2n) is 3.43. The van der Waals surface area contributed by atoms with E-state index < -0.39 is 0 Å². The molecule has 2 N–H and O–H groups in total. The predicted octanol–water partition coefficient (Wildman–Crippen LogP) is 1.18. The summed E-state index contributed by atoms with van der Waals surface area (Å²) in [6.07, 6.45) is 1.61. The van der Waals surface area contributed by atoms with Gasteiger partial charge >= 0.3 is 5.97 Å². The smallest absolute Gasteiger partial charge is 0.325 e. The molecule has 2 aromatic rings. The number of ether oxygens (including phenoxy) is 1. The molecule has 1 heterocycles. The van der Waals surface area contributed by atoms with Crippen LogP contribution in [0.2, 0.25) is 0 Å². The lowest BCUT2D eigenvalue weighted by Gasteiger charge is -2.04. The fourth-order valence-corrected chi connectivity index (χ4v) is 1.55. The molecule has 0 atom stereocenters. The van der Waals surface area contributed by atoms with Crippen LogP contribution in [0.5, 0.6) is 0 Å². The molecule has 1 aromatic carbocycles. The van der Waals surface area contributed by atoms with E-state index in [1.807, 2.05) is 6.07 Å².